The lowest BCUT2D eigenvalue weighted by atomic mass is 9.95. The fourth-order valence-electron chi connectivity index (χ4n) is 3.93. The molecule has 8 nitrogen and oxygen atoms in total. The number of phenolic OH excluding ortho intramolecular Hbond substituents is 1. The minimum atomic E-state index is -0.930. The normalized spacial score (nSPS) is 15.7. The van der Waals surface area contributed by atoms with Gasteiger partial charge in [0.2, 0.25) is 0 Å². The van der Waals surface area contributed by atoms with E-state index in [0.29, 0.717) is 44.6 Å². The molecule has 40 heavy (non-hydrogen) atoms. The Balaban J connectivity index is 0.000000686. The van der Waals surface area contributed by atoms with Crippen LogP contribution in [0.4, 0.5) is 0 Å². The number of aryl methyl sites for hydroxylation is 1. The predicted molar refractivity (Wildman–Crippen MR) is 164 cm³/mol. The molecule has 0 spiro atoms. The molecular formula is C31H46INO7. The highest BCUT2D eigenvalue weighted by Crippen LogP contribution is 2.29. The van der Waals surface area contributed by atoms with Crippen LogP contribution in [-0.2, 0) is 28.5 Å². The zero-order chi connectivity index (χ0) is 30.2. The average Bonchev–Trinajstić information content (AvgIpc) is 3.47. The monoisotopic (exact) mass is 671 g/mol. The number of esters is 1. The van der Waals surface area contributed by atoms with Gasteiger partial charge in [0.15, 0.2) is 18.2 Å². The van der Waals surface area contributed by atoms with E-state index in [0.717, 1.165) is 5.56 Å². The maximum absolute atomic E-state index is 10.8. The number of aromatic hydroxyl groups is 1. The number of aliphatic hydroxyl groups excluding tert-OH is 1. The Hall–Kier alpha value is -2.15. The van der Waals surface area contributed by atoms with Crippen LogP contribution in [0, 0.1) is 29.1 Å². The second kappa shape index (κ2) is 23.5. The number of nitrogens with zero attached hydrogens (tertiary/aromatic N) is 1. The number of methoxy groups -OCH3 is 1. The van der Waals surface area contributed by atoms with Crippen molar-refractivity contribution in [2.45, 2.75) is 104 Å². The van der Waals surface area contributed by atoms with Gasteiger partial charge in [-0.1, -0.05) is 37.1 Å². The SMILES string of the molecule is CC#CCCC(C#N)(/C=C/C1CCCC1)OC(C)OCC.CC(O)OI.COC(=O)CCCc1ccccc1O. The van der Waals surface area contributed by atoms with Gasteiger partial charge < -0.3 is 24.4 Å². The van der Waals surface area contributed by atoms with Crippen molar-refractivity contribution in [3.8, 4) is 23.7 Å². The third-order valence-electron chi connectivity index (χ3n) is 5.98. The molecule has 0 bridgehead atoms. The van der Waals surface area contributed by atoms with E-state index in [1.54, 1.807) is 42.1 Å². The van der Waals surface area contributed by atoms with E-state index in [9.17, 15) is 15.2 Å². The van der Waals surface area contributed by atoms with E-state index in [1.807, 2.05) is 39.0 Å². The fraction of sp³-hybridized carbons (Fsp3) is 0.613. The van der Waals surface area contributed by atoms with E-state index in [1.165, 1.54) is 32.8 Å². The minimum Gasteiger partial charge on any atom is -0.508 e. The molecule has 0 aromatic heterocycles. The van der Waals surface area contributed by atoms with Gasteiger partial charge in [-0.25, -0.2) is 0 Å². The van der Waals surface area contributed by atoms with Gasteiger partial charge in [0.1, 0.15) is 34.8 Å². The van der Waals surface area contributed by atoms with Crippen molar-refractivity contribution < 1.29 is 32.3 Å². The third-order valence-corrected chi connectivity index (χ3v) is 6.71. The number of para-hydroxylation sites is 1. The molecule has 1 aromatic carbocycles. The minimum absolute atomic E-state index is 0.208. The van der Waals surface area contributed by atoms with Gasteiger partial charge >= 0.3 is 5.97 Å². The Bertz CT molecular complexity index is 945. The second-order valence-corrected chi connectivity index (χ2v) is 9.73. The number of ether oxygens (including phenoxy) is 3. The molecule has 1 aliphatic rings. The largest absolute Gasteiger partial charge is 0.508 e. The molecule has 1 saturated carbocycles. The van der Waals surface area contributed by atoms with E-state index in [2.05, 4.69) is 31.8 Å². The zero-order valence-corrected chi connectivity index (χ0v) is 26.7. The first-order chi connectivity index (χ1) is 19.2. The number of carbonyl (C=O) groups excluding carboxylic acids is 1. The first-order valence-electron chi connectivity index (χ1n) is 13.8. The molecule has 0 radical (unpaired) electrons. The number of halogens is 1. The van der Waals surface area contributed by atoms with Gasteiger partial charge in [-0.15, -0.1) is 11.8 Å². The van der Waals surface area contributed by atoms with E-state index in [-0.39, 0.29) is 11.7 Å². The molecule has 1 aromatic rings. The van der Waals surface area contributed by atoms with Crippen molar-refractivity contribution >= 4 is 29.0 Å². The quantitative estimate of drug-likeness (QED) is 0.0776. The lowest BCUT2D eigenvalue weighted by molar-refractivity contribution is -0.168. The van der Waals surface area contributed by atoms with Crippen LogP contribution in [0.15, 0.2) is 36.4 Å². The Labute approximate surface area is 254 Å². The van der Waals surface area contributed by atoms with E-state index in [4.69, 9.17) is 14.6 Å². The van der Waals surface area contributed by atoms with Crippen molar-refractivity contribution in [1.82, 2.24) is 0 Å². The molecule has 1 fully saturated rings. The first kappa shape index (κ1) is 37.9. The van der Waals surface area contributed by atoms with E-state index >= 15 is 0 Å². The molecular weight excluding hydrogens is 625 g/mol. The molecule has 9 heteroatoms. The van der Waals surface area contributed by atoms with Gasteiger partial charge in [-0.05, 0) is 77.0 Å². The summed E-state index contributed by atoms with van der Waals surface area (Å²) in [6, 6.07) is 9.48. The Morgan fingerprint density at radius 3 is 2.45 bits per heavy atom. The summed E-state index contributed by atoms with van der Waals surface area (Å²) in [5.41, 5.74) is -0.0579. The molecule has 0 heterocycles. The Kier molecular flexibility index (Phi) is 22.3. The zero-order valence-electron chi connectivity index (χ0n) is 24.5. The van der Waals surface area contributed by atoms with Crippen LogP contribution in [0.25, 0.3) is 0 Å². The molecule has 0 saturated heterocycles. The molecule has 2 rings (SSSR count). The highest BCUT2D eigenvalue weighted by Gasteiger charge is 2.30. The molecule has 224 valence electrons. The summed E-state index contributed by atoms with van der Waals surface area (Å²) in [4.78, 5) is 10.8. The van der Waals surface area contributed by atoms with Gasteiger partial charge in [0.25, 0.3) is 0 Å². The molecule has 0 amide bonds. The van der Waals surface area contributed by atoms with Crippen LogP contribution in [0.2, 0.25) is 0 Å². The number of hydrogen-bond donors (Lipinski definition) is 2. The Morgan fingerprint density at radius 1 is 1.27 bits per heavy atom. The van der Waals surface area contributed by atoms with Gasteiger partial charge in [0, 0.05) is 25.9 Å². The van der Waals surface area contributed by atoms with Crippen LogP contribution >= 0.6 is 23.0 Å². The number of hydrogen-bond acceptors (Lipinski definition) is 8. The summed E-state index contributed by atoms with van der Waals surface area (Å²) in [5, 5.41) is 27.2. The summed E-state index contributed by atoms with van der Waals surface area (Å²) in [6.45, 7) is 7.69. The third kappa shape index (κ3) is 18.2. The number of aliphatic hydroxyl groups is 1. The van der Waals surface area contributed by atoms with Crippen LogP contribution in [0.1, 0.15) is 84.6 Å². The number of allylic oxidation sites excluding steroid dienone is 1. The highest BCUT2D eigenvalue weighted by atomic mass is 127. The molecule has 3 unspecified atom stereocenters. The van der Waals surface area contributed by atoms with Crippen LogP contribution in [-0.4, -0.2) is 48.1 Å². The van der Waals surface area contributed by atoms with Gasteiger partial charge in [0.05, 0.1) is 7.11 Å². The Morgan fingerprint density at radius 2 is 1.93 bits per heavy atom. The maximum Gasteiger partial charge on any atom is 0.305 e. The average molecular weight is 672 g/mol. The van der Waals surface area contributed by atoms with Gasteiger partial charge in [-0.2, -0.15) is 5.26 Å². The molecule has 3 atom stereocenters. The van der Waals surface area contributed by atoms with Crippen LogP contribution < -0.4 is 0 Å². The first-order valence-corrected chi connectivity index (χ1v) is 14.6. The van der Waals surface area contributed by atoms with Crippen LogP contribution in [0.3, 0.4) is 0 Å². The highest BCUT2D eigenvalue weighted by molar-refractivity contribution is 14.1. The molecule has 2 N–H and O–H groups in total. The predicted octanol–water partition coefficient (Wildman–Crippen LogP) is 6.78. The molecule has 0 aliphatic heterocycles. The lowest BCUT2D eigenvalue weighted by Crippen LogP contribution is -2.34. The summed E-state index contributed by atoms with van der Waals surface area (Å²) < 4.78 is 20.1. The van der Waals surface area contributed by atoms with Gasteiger partial charge in [-0.3, -0.25) is 7.86 Å². The summed E-state index contributed by atoms with van der Waals surface area (Å²) in [6.07, 6.45) is 11.1. The van der Waals surface area contributed by atoms with Crippen molar-refractivity contribution in [2.24, 2.45) is 5.92 Å². The maximum atomic E-state index is 10.8. The van der Waals surface area contributed by atoms with Crippen LogP contribution in [0.5, 0.6) is 5.75 Å². The summed E-state index contributed by atoms with van der Waals surface area (Å²) >= 11 is 1.63. The number of benzene rings is 1. The van der Waals surface area contributed by atoms with Crippen molar-refractivity contribution in [1.29, 1.82) is 5.26 Å². The standard InChI is InChI=1S/C18H27NO2.C11H14O3.C2H5IO2/c1-4-6-9-13-18(15-19,21-16(3)20-5-2)14-12-17-10-7-8-11-17;1-14-11(13)8-4-6-9-5-2-3-7-10(9)12;1-2(4)5-3/h12,14,16-17H,5,7-11,13H2,1-3H3;2-3,5,7,12H,4,6,8H2,1H3;2,4H,1H3/b14-12+;;. The summed E-state index contributed by atoms with van der Waals surface area (Å²) in [5.74, 6) is 6.55. The van der Waals surface area contributed by atoms with E-state index < -0.39 is 18.2 Å². The summed E-state index contributed by atoms with van der Waals surface area (Å²) in [7, 11) is 1.38. The van der Waals surface area contributed by atoms with Crippen molar-refractivity contribution in [3.63, 3.8) is 0 Å². The molecule has 1 aliphatic carbocycles. The number of carbonyl (C=O) groups is 1. The fourth-order valence-corrected chi connectivity index (χ4v) is 3.93. The number of phenols is 1. The number of nitriles is 1. The van der Waals surface area contributed by atoms with Crippen molar-refractivity contribution in [2.75, 3.05) is 13.7 Å². The number of rotatable bonds is 13. The van der Waals surface area contributed by atoms with Crippen molar-refractivity contribution in [3.05, 3.63) is 42.0 Å². The smallest absolute Gasteiger partial charge is 0.305 e. The topological polar surface area (TPSA) is 118 Å². The second-order valence-electron chi connectivity index (χ2n) is 9.22. The lowest BCUT2D eigenvalue weighted by Gasteiger charge is -2.27.